The molecule has 0 amide bonds. The second kappa shape index (κ2) is 7.73. The fraction of sp³-hybridized carbons (Fsp3) is 1.00. The molecule has 2 heterocycles. The van der Waals surface area contributed by atoms with E-state index in [1.807, 2.05) is 0 Å². The summed E-state index contributed by atoms with van der Waals surface area (Å²) in [5, 5.41) is 0. The summed E-state index contributed by atoms with van der Waals surface area (Å²) >= 11 is 0. The van der Waals surface area contributed by atoms with Crippen molar-refractivity contribution in [1.82, 2.24) is 0 Å². The molecule has 0 saturated carbocycles. The fourth-order valence-electron chi connectivity index (χ4n) is 1.31. The van der Waals surface area contributed by atoms with E-state index in [0.29, 0.717) is 0 Å². The normalized spacial score (nSPS) is 24.7. The van der Waals surface area contributed by atoms with Crippen LogP contribution in [0.3, 0.4) is 0 Å². The summed E-state index contributed by atoms with van der Waals surface area (Å²) in [5.41, 5.74) is 0. The van der Waals surface area contributed by atoms with Crippen molar-refractivity contribution < 1.29 is 8.85 Å². The molecule has 75 valence electrons. The summed E-state index contributed by atoms with van der Waals surface area (Å²) in [7, 11) is 0.509. The minimum absolute atomic E-state index is 0.293. The Bertz CT molecular complexity index is 101. The zero-order valence-corrected chi connectivity index (χ0v) is 10.5. The molecule has 3 radical (unpaired) electrons. The lowest BCUT2D eigenvalue weighted by atomic mass is 10.4. The average molecular weight is 215 g/mol. The molecule has 0 aromatic rings. The lowest BCUT2D eigenvalue weighted by molar-refractivity contribution is 0.291. The van der Waals surface area contributed by atoms with Crippen molar-refractivity contribution >= 4 is 18.8 Å². The molecule has 2 aliphatic heterocycles. The van der Waals surface area contributed by atoms with Gasteiger partial charge in [-0.05, 0) is 31.5 Å². The number of hydrogen-bond donors (Lipinski definition) is 0. The maximum atomic E-state index is 5.38. The Morgan fingerprint density at radius 1 is 1.08 bits per heavy atom. The van der Waals surface area contributed by atoms with E-state index >= 15 is 0 Å². The number of rotatable bonds is 0. The molecule has 0 N–H and O–H groups in total. The van der Waals surface area contributed by atoms with Gasteiger partial charge in [0.1, 0.15) is 0 Å². The first-order chi connectivity index (χ1) is 6.39. The highest BCUT2D eigenvalue weighted by Gasteiger charge is 2.09. The Morgan fingerprint density at radius 2 is 1.92 bits per heavy atom. The van der Waals surface area contributed by atoms with Crippen molar-refractivity contribution in [2.24, 2.45) is 0 Å². The third-order valence-corrected chi connectivity index (χ3v) is 4.87. The summed E-state index contributed by atoms with van der Waals surface area (Å²) in [6.45, 7) is 4.28. The molecule has 0 atom stereocenters. The minimum Gasteiger partial charge on any atom is -0.417 e. The molecule has 4 heteroatoms. The van der Waals surface area contributed by atoms with Crippen LogP contribution in [0.2, 0.25) is 18.6 Å². The Kier molecular flexibility index (Phi) is 6.80. The summed E-state index contributed by atoms with van der Waals surface area (Å²) in [6, 6.07) is 2.67. The van der Waals surface area contributed by atoms with E-state index in [0.717, 1.165) is 23.0 Å². The van der Waals surface area contributed by atoms with Gasteiger partial charge in [-0.25, -0.2) is 0 Å². The monoisotopic (exact) mass is 215 g/mol. The summed E-state index contributed by atoms with van der Waals surface area (Å²) in [4.78, 5) is 0. The third kappa shape index (κ3) is 6.43. The third-order valence-electron chi connectivity index (χ3n) is 2.15. The van der Waals surface area contributed by atoms with Gasteiger partial charge in [-0.2, -0.15) is 0 Å². The van der Waals surface area contributed by atoms with Crippen LogP contribution in [0.5, 0.6) is 0 Å². The first-order valence-electron chi connectivity index (χ1n) is 5.19. The SMILES string of the molecule is C1CC[Si]OC1.C[Si]1CCCCO1. The Balaban J connectivity index is 0.000000132. The van der Waals surface area contributed by atoms with E-state index < -0.39 is 0 Å². The smallest absolute Gasteiger partial charge is 0.229 e. The van der Waals surface area contributed by atoms with Crippen LogP contribution < -0.4 is 0 Å². The molecule has 2 saturated heterocycles. The van der Waals surface area contributed by atoms with Gasteiger partial charge in [0.2, 0.25) is 18.8 Å². The second-order valence-electron chi connectivity index (χ2n) is 3.46. The first kappa shape index (κ1) is 11.4. The molecule has 0 bridgehead atoms. The summed E-state index contributed by atoms with van der Waals surface area (Å²) in [6.07, 6.45) is 5.37. The molecule has 0 aromatic carbocycles. The van der Waals surface area contributed by atoms with E-state index in [4.69, 9.17) is 8.85 Å². The van der Waals surface area contributed by atoms with Gasteiger partial charge in [0, 0.05) is 13.2 Å². The van der Waals surface area contributed by atoms with Crippen LogP contribution in [-0.2, 0) is 8.85 Å². The van der Waals surface area contributed by atoms with Crippen molar-refractivity contribution in [1.29, 1.82) is 0 Å². The van der Waals surface area contributed by atoms with Crippen molar-refractivity contribution in [3.8, 4) is 0 Å². The highest BCUT2D eigenvalue weighted by molar-refractivity contribution is 6.50. The second-order valence-corrected chi connectivity index (χ2v) is 6.73. The summed E-state index contributed by atoms with van der Waals surface area (Å²) < 4.78 is 10.5. The predicted molar refractivity (Wildman–Crippen MR) is 57.4 cm³/mol. The van der Waals surface area contributed by atoms with Crippen LogP contribution >= 0.6 is 0 Å². The molecule has 0 spiro atoms. The quantitative estimate of drug-likeness (QED) is 0.577. The topological polar surface area (TPSA) is 18.5 Å². The van der Waals surface area contributed by atoms with Crippen LogP contribution in [0.1, 0.15) is 25.7 Å². The van der Waals surface area contributed by atoms with Gasteiger partial charge in [0.05, 0.1) is 0 Å². The van der Waals surface area contributed by atoms with Crippen molar-refractivity contribution in [3.63, 3.8) is 0 Å². The molecule has 2 rings (SSSR count). The maximum absolute atomic E-state index is 5.38. The van der Waals surface area contributed by atoms with Gasteiger partial charge in [-0.15, -0.1) is 0 Å². The van der Waals surface area contributed by atoms with Gasteiger partial charge >= 0.3 is 0 Å². The van der Waals surface area contributed by atoms with Gasteiger partial charge in [-0.1, -0.05) is 12.8 Å². The predicted octanol–water partition coefficient (Wildman–Crippen LogP) is 2.25. The molecular formula is C9H19O2Si2. The van der Waals surface area contributed by atoms with E-state index in [2.05, 4.69) is 6.55 Å². The molecule has 0 unspecified atom stereocenters. The molecule has 2 nitrogen and oxygen atoms in total. The lowest BCUT2D eigenvalue weighted by Gasteiger charge is -2.15. The fourth-order valence-corrected chi connectivity index (χ4v) is 3.52. The van der Waals surface area contributed by atoms with Crippen molar-refractivity contribution in [2.45, 2.75) is 44.3 Å². The maximum Gasteiger partial charge on any atom is 0.229 e. The van der Waals surface area contributed by atoms with Gasteiger partial charge in [0.25, 0.3) is 0 Å². The zero-order valence-electron chi connectivity index (χ0n) is 8.47. The van der Waals surface area contributed by atoms with Crippen LogP contribution in [0.25, 0.3) is 0 Å². The van der Waals surface area contributed by atoms with Gasteiger partial charge in [-0.3, -0.25) is 0 Å². The molecular weight excluding hydrogens is 196 g/mol. The largest absolute Gasteiger partial charge is 0.417 e. The van der Waals surface area contributed by atoms with Gasteiger partial charge in [0.15, 0.2) is 0 Å². The van der Waals surface area contributed by atoms with E-state index in [1.165, 1.54) is 37.8 Å². The summed E-state index contributed by atoms with van der Waals surface area (Å²) in [5.74, 6) is 0. The Morgan fingerprint density at radius 3 is 2.15 bits per heavy atom. The molecule has 13 heavy (non-hydrogen) atoms. The van der Waals surface area contributed by atoms with Crippen LogP contribution in [0, 0.1) is 0 Å². The Hall–Kier alpha value is 0.354. The highest BCUT2D eigenvalue weighted by atomic mass is 28.3. The number of hydrogen-bond acceptors (Lipinski definition) is 2. The standard InChI is InChI=1S/C5H11OSi.C4H8OSi/c1-7-5-3-2-4-6-7;1-2-4-6-5-3-1/h2-5H2,1H3;1-4H2. The lowest BCUT2D eigenvalue weighted by Crippen LogP contribution is -2.18. The van der Waals surface area contributed by atoms with E-state index in [9.17, 15) is 0 Å². The molecule has 0 aliphatic carbocycles. The molecule has 2 aliphatic rings. The van der Waals surface area contributed by atoms with Crippen molar-refractivity contribution in [3.05, 3.63) is 0 Å². The van der Waals surface area contributed by atoms with E-state index in [1.54, 1.807) is 0 Å². The van der Waals surface area contributed by atoms with E-state index in [-0.39, 0.29) is 9.04 Å². The molecule has 0 aromatic heterocycles. The van der Waals surface area contributed by atoms with Crippen LogP contribution in [0.15, 0.2) is 0 Å². The minimum atomic E-state index is -0.293. The average Bonchev–Trinajstić information content (AvgIpc) is 2.22. The first-order valence-corrected chi connectivity index (χ1v) is 8.42. The van der Waals surface area contributed by atoms with Crippen LogP contribution in [-0.4, -0.2) is 32.0 Å². The van der Waals surface area contributed by atoms with Crippen LogP contribution in [0.4, 0.5) is 0 Å². The Labute approximate surface area is 85.7 Å². The van der Waals surface area contributed by atoms with Crippen molar-refractivity contribution in [2.75, 3.05) is 13.2 Å². The molecule has 2 fully saturated rings. The van der Waals surface area contributed by atoms with Gasteiger partial charge < -0.3 is 8.85 Å². The highest BCUT2D eigenvalue weighted by Crippen LogP contribution is 2.09. The zero-order chi connectivity index (χ0) is 9.36.